The highest BCUT2D eigenvalue weighted by Gasteiger charge is 2.18. The van der Waals surface area contributed by atoms with Crippen molar-refractivity contribution in [1.82, 2.24) is 15.2 Å². The summed E-state index contributed by atoms with van der Waals surface area (Å²) in [5, 5.41) is 3.41. The summed E-state index contributed by atoms with van der Waals surface area (Å²) in [6, 6.07) is 4.04. The molecular weight excluding hydrogens is 294 g/mol. The van der Waals surface area contributed by atoms with Crippen LogP contribution >= 0.6 is 15.9 Å². The molecule has 1 aliphatic heterocycles. The molecule has 1 fully saturated rings. The van der Waals surface area contributed by atoms with Crippen molar-refractivity contribution in [2.75, 3.05) is 32.8 Å². The fraction of sp³-hybridized carbons (Fsp3) is 0.615. The van der Waals surface area contributed by atoms with Crippen LogP contribution in [-0.4, -0.2) is 48.8 Å². The quantitative estimate of drug-likeness (QED) is 0.897. The van der Waals surface area contributed by atoms with Gasteiger partial charge in [-0.05, 0) is 34.6 Å². The fourth-order valence-corrected chi connectivity index (χ4v) is 2.30. The standard InChI is InChI=1S/C13H20BrN3O/c1-2-17-5-6-18-13(10-17)9-15-8-12-4-3-11(14)7-16-12/h3-4,7,13,15H,2,5-6,8-10H2,1H3. The average Bonchev–Trinajstić information content (AvgIpc) is 2.41. The molecule has 5 heteroatoms. The zero-order valence-electron chi connectivity index (χ0n) is 10.7. The first kappa shape index (κ1) is 13.9. The van der Waals surface area contributed by atoms with E-state index < -0.39 is 0 Å². The van der Waals surface area contributed by atoms with Crippen molar-refractivity contribution in [3.05, 3.63) is 28.5 Å². The third-order valence-electron chi connectivity index (χ3n) is 3.14. The fourth-order valence-electron chi connectivity index (χ4n) is 2.06. The lowest BCUT2D eigenvalue weighted by Crippen LogP contribution is -2.46. The Kier molecular flexibility index (Phi) is 5.56. The Morgan fingerprint density at radius 1 is 1.56 bits per heavy atom. The molecule has 1 N–H and O–H groups in total. The number of aromatic nitrogens is 1. The molecule has 1 saturated heterocycles. The maximum atomic E-state index is 5.74. The normalized spacial score (nSPS) is 21.1. The summed E-state index contributed by atoms with van der Waals surface area (Å²) in [5.74, 6) is 0. The topological polar surface area (TPSA) is 37.4 Å². The van der Waals surface area contributed by atoms with Gasteiger partial charge in [0, 0.05) is 36.8 Å². The van der Waals surface area contributed by atoms with E-state index >= 15 is 0 Å². The maximum absolute atomic E-state index is 5.74. The van der Waals surface area contributed by atoms with Gasteiger partial charge in [-0.15, -0.1) is 0 Å². The van der Waals surface area contributed by atoms with Crippen LogP contribution in [0.1, 0.15) is 12.6 Å². The van der Waals surface area contributed by atoms with Crippen LogP contribution in [0.2, 0.25) is 0 Å². The first-order valence-corrected chi connectivity index (χ1v) is 7.22. The molecule has 100 valence electrons. The Labute approximate surface area is 117 Å². The summed E-state index contributed by atoms with van der Waals surface area (Å²) in [7, 11) is 0. The van der Waals surface area contributed by atoms with E-state index in [0.29, 0.717) is 6.10 Å². The van der Waals surface area contributed by atoms with Gasteiger partial charge in [0.25, 0.3) is 0 Å². The molecule has 1 aromatic heterocycles. The van der Waals surface area contributed by atoms with E-state index in [4.69, 9.17) is 4.74 Å². The number of morpholine rings is 1. The SMILES string of the molecule is CCN1CCOC(CNCc2ccc(Br)cn2)C1. The number of halogens is 1. The molecule has 1 aromatic rings. The lowest BCUT2D eigenvalue weighted by molar-refractivity contribution is -0.0254. The number of nitrogens with zero attached hydrogens (tertiary/aromatic N) is 2. The zero-order valence-corrected chi connectivity index (χ0v) is 12.3. The number of pyridine rings is 1. The van der Waals surface area contributed by atoms with Crippen LogP contribution in [0.15, 0.2) is 22.8 Å². The highest BCUT2D eigenvalue weighted by atomic mass is 79.9. The molecule has 0 saturated carbocycles. The molecule has 0 bridgehead atoms. The van der Waals surface area contributed by atoms with E-state index in [1.807, 2.05) is 18.3 Å². The first-order chi connectivity index (χ1) is 8.78. The molecule has 0 radical (unpaired) electrons. The second kappa shape index (κ2) is 7.19. The minimum atomic E-state index is 0.300. The lowest BCUT2D eigenvalue weighted by atomic mass is 10.2. The molecule has 2 rings (SSSR count). The minimum absolute atomic E-state index is 0.300. The number of likely N-dealkylation sites (N-methyl/N-ethyl adjacent to an activating group) is 1. The zero-order chi connectivity index (χ0) is 12.8. The van der Waals surface area contributed by atoms with Crippen molar-refractivity contribution in [2.45, 2.75) is 19.6 Å². The molecular formula is C13H20BrN3O. The van der Waals surface area contributed by atoms with Crippen LogP contribution in [0.25, 0.3) is 0 Å². The Hall–Kier alpha value is -0.490. The third kappa shape index (κ3) is 4.31. The van der Waals surface area contributed by atoms with E-state index in [2.05, 4.69) is 38.1 Å². The van der Waals surface area contributed by atoms with Crippen molar-refractivity contribution in [3.8, 4) is 0 Å². The van der Waals surface area contributed by atoms with Gasteiger partial charge in [0.1, 0.15) is 0 Å². The van der Waals surface area contributed by atoms with Crippen LogP contribution in [0.4, 0.5) is 0 Å². The molecule has 2 heterocycles. The van der Waals surface area contributed by atoms with E-state index in [1.54, 1.807) is 0 Å². The summed E-state index contributed by atoms with van der Waals surface area (Å²) in [6.45, 7) is 7.90. The largest absolute Gasteiger partial charge is 0.374 e. The van der Waals surface area contributed by atoms with Crippen molar-refractivity contribution in [1.29, 1.82) is 0 Å². The second-order valence-electron chi connectivity index (χ2n) is 4.48. The summed E-state index contributed by atoms with van der Waals surface area (Å²) < 4.78 is 6.75. The van der Waals surface area contributed by atoms with Gasteiger partial charge in [-0.25, -0.2) is 0 Å². The molecule has 0 aromatic carbocycles. The van der Waals surface area contributed by atoms with Crippen molar-refractivity contribution in [3.63, 3.8) is 0 Å². The Balaban J connectivity index is 1.70. The number of hydrogen-bond acceptors (Lipinski definition) is 4. The van der Waals surface area contributed by atoms with E-state index in [-0.39, 0.29) is 0 Å². The van der Waals surface area contributed by atoms with Gasteiger partial charge in [-0.3, -0.25) is 9.88 Å². The Morgan fingerprint density at radius 2 is 2.44 bits per heavy atom. The van der Waals surface area contributed by atoms with E-state index in [1.165, 1.54) is 0 Å². The molecule has 1 aliphatic rings. The van der Waals surface area contributed by atoms with Crippen LogP contribution in [0.3, 0.4) is 0 Å². The Morgan fingerprint density at radius 3 is 3.17 bits per heavy atom. The second-order valence-corrected chi connectivity index (χ2v) is 5.40. The van der Waals surface area contributed by atoms with Crippen LogP contribution in [-0.2, 0) is 11.3 Å². The predicted octanol–water partition coefficient (Wildman–Crippen LogP) is 1.65. The summed E-state index contributed by atoms with van der Waals surface area (Å²) in [6.07, 6.45) is 2.13. The highest BCUT2D eigenvalue weighted by molar-refractivity contribution is 9.10. The smallest absolute Gasteiger partial charge is 0.0826 e. The van der Waals surface area contributed by atoms with Crippen molar-refractivity contribution < 1.29 is 4.74 Å². The monoisotopic (exact) mass is 313 g/mol. The van der Waals surface area contributed by atoms with Crippen LogP contribution in [0.5, 0.6) is 0 Å². The number of nitrogens with one attached hydrogen (secondary N) is 1. The third-order valence-corrected chi connectivity index (χ3v) is 3.61. The van der Waals surface area contributed by atoms with Gasteiger partial charge in [0.15, 0.2) is 0 Å². The molecule has 0 spiro atoms. The molecule has 4 nitrogen and oxygen atoms in total. The molecule has 0 aliphatic carbocycles. The predicted molar refractivity (Wildman–Crippen MR) is 75.5 cm³/mol. The number of ether oxygens (including phenoxy) is 1. The number of hydrogen-bond donors (Lipinski definition) is 1. The number of rotatable bonds is 5. The van der Waals surface area contributed by atoms with Crippen LogP contribution in [0, 0.1) is 0 Å². The highest BCUT2D eigenvalue weighted by Crippen LogP contribution is 2.07. The summed E-state index contributed by atoms with van der Waals surface area (Å²) in [5.41, 5.74) is 1.06. The average molecular weight is 314 g/mol. The Bertz CT molecular complexity index is 358. The molecule has 0 amide bonds. The van der Waals surface area contributed by atoms with E-state index in [0.717, 1.165) is 49.5 Å². The van der Waals surface area contributed by atoms with Gasteiger partial charge < -0.3 is 10.1 Å². The van der Waals surface area contributed by atoms with Crippen molar-refractivity contribution >= 4 is 15.9 Å². The molecule has 1 unspecified atom stereocenters. The minimum Gasteiger partial charge on any atom is -0.374 e. The van der Waals surface area contributed by atoms with Gasteiger partial charge in [-0.1, -0.05) is 6.92 Å². The maximum Gasteiger partial charge on any atom is 0.0826 e. The van der Waals surface area contributed by atoms with Gasteiger partial charge in [0.2, 0.25) is 0 Å². The van der Waals surface area contributed by atoms with Crippen molar-refractivity contribution in [2.24, 2.45) is 0 Å². The summed E-state index contributed by atoms with van der Waals surface area (Å²) >= 11 is 3.38. The molecule has 18 heavy (non-hydrogen) atoms. The summed E-state index contributed by atoms with van der Waals surface area (Å²) in [4.78, 5) is 6.76. The molecule has 1 atom stereocenters. The van der Waals surface area contributed by atoms with E-state index in [9.17, 15) is 0 Å². The van der Waals surface area contributed by atoms with Gasteiger partial charge in [0.05, 0.1) is 18.4 Å². The van der Waals surface area contributed by atoms with Gasteiger partial charge >= 0.3 is 0 Å². The lowest BCUT2D eigenvalue weighted by Gasteiger charge is -2.32. The first-order valence-electron chi connectivity index (χ1n) is 6.43. The van der Waals surface area contributed by atoms with Gasteiger partial charge in [-0.2, -0.15) is 0 Å². The van der Waals surface area contributed by atoms with Crippen LogP contribution < -0.4 is 5.32 Å².